The van der Waals surface area contributed by atoms with Crippen LogP contribution in [0.2, 0.25) is 0 Å². The molecule has 0 aliphatic carbocycles. The average molecular weight is 332 g/mol. The second-order valence-corrected chi connectivity index (χ2v) is 7.20. The maximum atomic E-state index is 12.7. The Morgan fingerprint density at radius 2 is 2.21 bits per heavy atom. The van der Waals surface area contributed by atoms with Gasteiger partial charge in [0.2, 0.25) is 0 Å². The highest BCUT2D eigenvalue weighted by atomic mass is 16.5. The number of rotatable bonds is 3. The van der Waals surface area contributed by atoms with E-state index in [1.807, 2.05) is 39.0 Å². The Morgan fingerprint density at radius 1 is 1.38 bits per heavy atom. The predicted octanol–water partition coefficient (Wildman–Crippen LogP) is 2.72. The third-order valence-electron chi connectivity index (χ3n) is 4.87. The van der Waals surface area contributed by atoms with Crippen molar-refractivity contribution in [1.29, 1.82) is 0 Å². The van der Waals surface area contributed by atoms with Crippen LogP contribution in [-0.4, -0.2) is 48.9 Å². The van der Waals surface area contributed by atoms with Crippen molar-refractivity contribution in [2.45, 2.75) is 51.7 Å². The van der Waals surface area contributed by atoms with E-state index in [2.05, 4.69) is 5.32 Å². The molecule has 5 heteroatoms. The first-order valence-electron chi connectivity index (χ1n) is 8.90. The zero-order chi connectivity index (χ0) is 17.2. The molecule has 1 amide bonds. The average Bonchev–Trinajstić information content (AvgIpc) is 2.57. The first-order valence-corrected chi connectivity index (χ1v) is 8.90. The number of amides is 1. The van der Waals surface area contributed by atoms with Gasteiger partial charge in [0.1, 0.15) is 12.5 Å². The van der Waals surface area contributed by atoms with Crippen LogP contribution in [0.25, 0.3) is 0 Å². The van der Waals surface area contributed by atoms with E-state index in [1.54, 1.807) is 4.90 Å². The van der Waals surface area contributed by atoms with E-state index in [0.29, 0.717) is 12.3 Å². The van der Waals surface area contributed by atoms with Crippen LogP contribution in [0.3, 0.4) is 0 Å². The standard InChI is InChI=1S/C19H28N2O3/c1-14(2)24-17-6-5-16(11-15(17)3)18(22)21-10-8-19(23-13-21)7-4-9-20-12-19/h5-6,11,14,20H,4,7-10,12-13H2,1-3H3. The van der Waals surface area contributed by atoms with Crippen LogP contribution >= 0.6 is 0 Å². The molecule has 24 heavy (non-hydrogen) atoms. The summed E-state index contributed by atoms with van der Waals surface area (Å²) in [7, 11) is 0. The summed E-state index contributed by atoms with van der Waals surface area (Å²) in [4.78, 5) is 14.5. The number of aryl methyl sites for hydroxylation is 1. The smallest absolute Gasteiger partial charge is 0.255 e. The van der Waals surface area contributed by atoms with Gasteiger partial charge in [-0.2, -0.15) is 0 Å². The number of benzene rings is 1. The van der Waals surface area contributed by atoms with Gasteiger partial charge in [0, 0.05) is 18.7 Å². The van der Waals surface area contributed by atoms with E-state index in [1.165, 1.54) is 0 Å². The fourth-order valence-corrected chi connectivity index (χ4v) is 3.48. The summed E-state index contributed by atoms with van der Waals surface area (Å²) in [6.45, 7) is 9.07. The summed E-state index contributed by atoms with van der Waals surface area (Å²) in [6, 6.07) is 5.64. The van der Waals surface area contributed by atoms with Crippen LogP contribution in [0.1, 0.15) is 49.0 Å². The monoisotopic (exact) mass is 332 g/mol. The number of carbonyl (C=O) groups is 1. The van der Waals surface area contributed by atoms with E-state index in [4.69, 9.17) is 9.47 Å². The number of piperidine rings is 1. The highest BCUT2D eigenvalue weighted by molar-refractivity contribution is 5.94. The second-order valence-electron chi connectivity index (χ2n) is 7.20. The van der Waals surface area contributed by atoms with Crippen LogP contribution in [0.5, 0.6) is 5.75 Å². The Labute approximate surface area is 144 Å². The lowest BCUT2D eigenvalue weighted by Gasteiger charge is -2.44. The lowest BCUT2D eigenvalue weighted by molar-refractivity contribution is -0.134. The van der Waals surface area contributed by atoms with Gasteiger partial charge >= 0.3 is 0 Å². The molecule has 5 nitrogen and oxygen atoms in total. The summed E-state index contributed by atoms with van der Waals surface area (Å²) in [5.41, 5.74) is 1.62. The summed E-state index contributed by atoms with van der Waals surface area (Å²) < 4.78 is 11.8. The fraction of sp³-hybridized carbons (Fsp3) is 0.632. The SMILES string of the molecule is Cc1cc(C(=O)N2CCC3(CCCNC3)OC2)ccc1OC(C)C. The van der Waals surface area contributed by atoms with Crippen molar-refractivity contribution in [1.82, 2.24) is 10.2 Å². The van der Waals surface area contributed by atoms with Gasteiger partial charge in [0.05, 0.1) is 11.7 Å². The molecule has 2 heterocycles. The third-order valence-corrected chi connectivity index (χ3v) is 4.87. The first-order chi connectivity index (χ1) is 11.5. The summed E-state index contributed by atoms with van der Waals surface area (Å²) in [6.07, 6.45) is 3.26. The lowest BCUT2D eigenvalue weighted by atomic mass is 9.89. The molecule has 1 spiro atoms. The van der Waals surface area contributed by atoms with Gasteiger partial charge in [-0.25, -0.2) is 0 Å². The van der Waals surface area contributed by atoms with Crippen molar-refractivity contribution in [3.63, 3.8) is 0 Å². The molecule has 0 radical (unpaired) electrons. The van der Waals surface area contributed by atoms with Crippen LogP contribution in [0.4, 0.5) is 0 Å². The van der Waals surface area contributed by atoms with E-state index in [0.717, 1.165) is 50.2 Å². The first kappa shape index (κ1) is 17.2. The van der Waals surface area contributed by atoms with Gasteiger partial charge in [-0.3, -0.25) is 4.79 Å². The van der Waals surface area contributed by atoms with Crippen LogP contribution < -0.4 is 10.1 Å². The van der Waals surface area contributed by atoms with Gasteiger partial charge in [0.25, 0.3) is 5.91 Å². The number of nitrogens with one attached hydrogen (secondary N) is 1. The second kappa shape index (κ2) is 7.11. The Balaban J connectivity index is 1.64. The Hall–Kier alpha value is -1.59. The molecular formula is C19H28N2O3. The van der Waals surface area contributed by atoms with Gasteiger partial charge in [-0.15, -0.1) is 0 Å². The number of nitrogens with zero attached hydrogens (tertiary/aromatic N) is 1. The minimum Gasteiger partial charge on any atom is -0.491 e. The lowest BCUT2D eigenvalue weighted by Crippen LogP contribution is -2.55. The van der Waals surface area contributed by atoms with Gasteiger partial charge in [-0.1, -0.05) is 0 Å². The molecule has 132 valence electrons. The molecule has 3 rings (SSSR count). The molecule has 2 fully saturated rings. The molecule has 2 aliphatic rings. The molecule has 1 aromatic carbocycles. The minimum absolute atomic E-state index is 0.0350. The quantitative estimate of drug-likeness (QED) is 0.925. The number of hydrogen-bond donors (Lipinski definition) is 1. The van der Waals surface area contributed by atoms with E-state index >= 15 is 0 Å². The molecule has 1 unspecified atom stereocenters. The predicted molar refractivity (Wildman–Crippen MR) is 93.4 cm³/mol. The Bertz CT molecular complexity index is 584. The molecule has 1 N–H and O–H groups in total. The van der Waals surface area contributed by atoms with Crippen LogP contribution in [0, 0.1) is 6.92 Å². The van der Waals surface area contributed by atoms with Gasteiger partial charge < -0.3 is 19.7 Å². The van der Waals surface area contributed by atoms with Crippen molar-refractivity contribution in [3.8, 4) is 5.75 Å². The van der Waals surface area contributed by atoms with E-state index < -0.39 is 0 Å². The summed E-state index contributed by atoms with van der Waals surface area (Å²) >= 11 is 0. The van der Waals surface area contributed by atoms with Gasteiger partial charge in [0.15, 0.2) is 0 Å². The normalized spacial score (nSPS) is 24.4. The number of ether oxygens (including phenoxy) is 2. The van der Waals surface area contributed by atoms with Gasteiger partial charge in [-0.05, 0) is 70.3 Å². The Morgan fingerprint density at radius 3 is 2.79 bits per heavy atom. The zero-order valence-corrected chi connectivity index (χ0v) is 14.9. The largest absolute Gasteiger partial charge is 0.491 e. The molecule has 0 aromatic heterocycles. The van der Waals surface area contributed by atoms with Crippen molar-refractivity contribution in [2.75, 3.05) is 26.4 Å². The molecular weight excluding hydrogens is 304 g/mol. The fourth-order valence-electron chi connectivity index (χ4n) is 3.48. The topological polar surface area (TPSA) is 50.8 Å². The van der Waals surface area contributed by atoms with Crippen molar-refractivity contribution < 1.29 is 14.3 Å². The maximum Gasteiger partial charge on any atom is 0.255 e. The molecule has 2 aliphatic heterocycles. The number of hydrogen-bond acceptors (Lipinski definition) is 4. The third kappa shape index (κ3) is 3.73. The zero-order valence-electron chi connectivity index (χ0n) is 14.9. The minimum atomic E-state index is -0.0695. The molecule has 0 bridgehead atoms. The molecule has 1 aromatic rings. The highest BCUT2D eigenvalue weighted by Crippen LogP contribution is 2.30. The van der Waals surface area contributed by atoms with Crippen LogP contribution in [0.15, 0.2) is 18.2 Å². The van der Waals surface area contributed by atoms with Crippen molar-refractivity contribution >= 4 is 5.91 Å². The van der Waals surface area contributed by atoms with Crippen LogP contribution in [-0.2, 0) is 4.74 Å². The molecule has 1 atom stereocenters. The van der Waals surface area contributed by atoms with E-state index in [-0.39, 0.29) is 17.6 Å². The highest BCUT2D eigenvalue weighted by Gasteiger charge is 2.38. The van der Waals surface area contributed by atoms with E-state index in [9.17, 15) is 4.79 Å². The maximum absolute atomic E-state index is 12.7. The summed E-state index contributed by atoms with van der Waals surface area (Å²) in [5, 5.41) is 3.41. The number of carbonyl (C=O) groups excluding carboxylic acids is 1. The molecule has 2 saturated heterocycles. The summed E-state index contributed by atoms with van der Waals surface area (Å²) in [5.74, 6) is 0.872. The van der Waals surface area contributed by atoms with Crippen molar-refractivity contribution in [2.24, 2.45) is 0 Å². The van der Waals surface area contributed by atoms with Crippen molar-refractivity contribution in [3.05, 3.63) is 29.3 Å². The molecule has 0 saturated carbocycles. The Kier molecular flexibility index (Phi) is 5.11.